The van der Waals surface area contributed by atoms with Crippen LogP contribution in [0, 0.1) is 0 Å². The molecule has 0 unspecified atom stereocenters. The molecule has 0 aliphatic carbocycles. The van der Waals surface area contributed by atoms with Gasteiger partial charge in [0, 0.05) is 6.54 Å². The molecule has 2 aromatic rings. The maximum atomic E-state index is 12.2. The Balaban J connectivity index is 2.15. The average molecular weight is 390 g/mol. The van der Waals surface area contributed by atoms with Gasteiger partial charge in [-0.05, 0) is 36.8 Å². The van der Waals surface area contributed by atoms with E-state index in [4.69, 9.17) is 44.3 Å². The number of aromatic nitrogens is 1. The van der Waals surface area contributed by atoms with Gasteiger partial charge in [0.15, 0.2) is 11.5 Å². The van der Waals surface area contributed by atoms with Crippen LogP contribution in [-0.2, 0) is 6.54 Å². The third kappa shape index (κ3) is 4.44. The van der Waals surface area contributed by atoms with Gasteiger partial charge in [0.05, 0.1) is 23.8 Å². The molecule has 0 spiro atoms. The van der Waals surface area contributed by atoms with Gasteiger partial charge >= 0.3 is 0 Å². The number of rotatable bonds is 6. The number of ether oxygens (including phenoxy) is 2. The van der Waals surface area contributed by atoms with E-state index >= 15 is 0 Å². The smallest absolute Gasteiger partial charge is 0.271 e. The number of benzene rings is 1. The van der Waals surface area contributed by atoms with Gasteiger partial charge in [0.1, 0.15) is 10.8 Å². The van der Waals surface area contributed by atoms with Gasteiger partial charge < -0.3 is 14.8 Å². The third-order valence-electron chi connectivity index (χ3n) is 3.06. The van der Waals surface area contributed by atoms with Crippen molar-refractivity contribution in [1.82, 2.24) is 10.3 Å². The van der Waals surface area contributed by atoms with E-state index in [-0.39, 0.29) is 22.4 Å². The quantitative estimate of drug-likeness (QED) is 0.745. The first-order chi connectivity index (χ1) is 11.5. The molecule has 1 amide bonds. The van der Waals surface area contributed by atoms with E-state index in [0.29, 0.717) is 23.1 Å². The fourth-order valence-corrected chi connectivity index (χ4v) is 2.63. The van der Waals surface area contributed by atoms with Crippen LogP contribution in [0.1, 0.15) is 23.0 Å². The minimum Gasteiger partial charge on any atom is -0.493 e. The number of halogens is 3. The van der Waals surface area contributed by atoms with Crippen molar-refractivity contribution in [3.8, 4) is 11.5 Å². The summed E-state index contributed by atoms with van der Waals surface area (Å²) in [6.45, 7) is 2.53. The van der Waals surface area contributed by atoms with Crippen LogP contribution in [0.5, 0.6) is 11.5 Å². The monoisotopic (exact) mass is 388 g/mol. The average Bonchev–Trinajstić information content (AvgIpc) is 2.56. The largest absolute Gasteiger partial charge is 0.493 e. The van der Waals surface area contributed by atoms with Crippen molar-refractivity contribution in [2.75, 3.05) is 13.7 Å². The van der Waals surface area contributed by atoms with E-state index < -0.39 is 5.91 Å². The van der Waals surface area contributed by atoms with E-state index in [2.05, 4.69) is 10.3 Å². The van der Waals surface area contributed by atoms with E-state index in [1.165, 1.54) is 19.2 Å². The summed E-state index contributed by atoms with van der Waals surface area (Å²) >= 11 is 18.0. The minimum atomic E-state index is -0.438. The van der Waals surface area contributed by atoms with Crippen molar-refractivity contribution in [2.24, 2.45) is 0 Å². The van der Waals surface area contributed by atoms with Crippen molar-refractivity contribution in [3.05, 3.63) is 50.7 Å². The molecule has 8 heteroatoms. The number of nitrogens with one attached hydrogen (secondary N) is 1. The van der Waals surface area contributed by atoms with Gasteiger partial charge in [-0.25, -0.2) is 4.98 Å². The Hall–Kier alpha value is -1.69. The molecule has 1 N–H and O–H groups in total. The van der Waals surface area contributed by atoms with Crippen LogP contribution >= 0.6 is 34.8 Å². The molecule has 0 saturated heterocycles. The number of nitrogens with zero attached hydrogens (tertiary/aromatic N) is 1. The van der Waals surface area contributed by atoms with E-state index in [1.54, 1.807) is 12.1 Å². The van der Waals surface area contributed by atoms with Crippen LogP contribution in [0.3, 0.4) is 0 Å². The minimum absolute atomic E-state index is 0.0631. The summed E-state index contributed by atoms with van der Waals surface area (Å²) in [4.78, 5) is 16.1. The molecule has 1 aromatic carbocycles. The number of methoxy groups -OCH3 is 1. The Bertz CT molecular complexity index is 754. The van der Waals surface area contributed by atoms with Crippen LogP contribution in [-0.4, -0.2) is 24.6 Å². The molecule has 0 aliphatic rings. The number of pyridine rings is 1. The number of carbonyl (C=O) groups is 1. The summed E-state index contributed by atoms with van der Waals surface area (Å²) in [7, 11) is 1.52. The van der Waals surface area contributed by atoms with Gasteiger partial charge in [-0.15, -0.1) is 0 Å². The maximum absolute atomic E-state index is 12.2. The van der Waals surface area contributed by atoms with E-state index in [1.807, 2.05) is 6.92 Å². The van der Waals surface area contributed by atoms with Gasteiger partial charge in [0.2, 0.25) is 0 Å². The summed E-state index contributed by atoms with van der Waals surface area (Å²) in [5.74, 6) is 0.523. The van der Waals surface area contributed by atoms with Crippen molar-refractivity contribution < 1.29 is 14.3 Å². The SMILES string of the molecule is CCOc1c(Cl)cc(CNC(=O)c2nc(Cl)ccc2Cl)cc1OC. The highest BCUT2D eigenvalue weighted by Crippen LogP contribution is 2.36. The standard InChI is InChI=1S/C16H15Cl3N2O3/c1-3-24-15-11(18)6-9(7-12(15)23-2)8-20-16(22)14-10(17)4-5-13(19)21-14/h4-7H,3,8H2,1-2H3,(H,20,22). The normalized spacial score (nSPS) is 10.4. The Kier molecular flexibility index (Phi) is 6.54. The van der Waals surface area contributed by atoms with Crippen LogP contribution < -0.4 is 14.8 Å². The number of amides is 1. The highest BCUT2D eigenvalue weighted by atomic mass is 35.5. The van der Waals surface area contributed by atoms with E-state index in [9.17, 15) is 4.79 Å². The summed E-state index contributed by atoms with van der Waals surface area (Å²) in [5, 5.41) is 3.53. The zero-order valence-corrected chi connectivity index (χ0v) is 15.3. The molecule has 0 bridgehead atoms. The summed E-state index contributed by atoms with van der Waals surface area (Å²) in [6.07, 6.45) is 0. The molecular weight excluding hydrogens is 375 g/mol. The third-order valence-corrected chi connectivity index (χ3v) is 3.85. The van der Waals surface area contributed by atoms with Crippen LogP contribution in [0.2, 0.25) is 15.2 Å². The fourth-order valence-electron chi connectivity index (χ4n) is 2.00. The number of hydrogen-bond acceptors (Lipinski definition) is 4. The molecular formula is C16H15Cl3N2O3. The molecule has 24 heavy (non-hydrogen) atoms. The lowest BCUT2D eigenvalue weighted by atomic mass is 10.2. The zero-order valence-electron chi connectivity index (χ0n) is 13.0. The second-order valence-electron chi connectivity index (χ2n) is 4.69. The highest BCUT2D eigenvalue weighted by Gasteiger charge is 2.15. The predicted octanol–water partition coefficient (Wildman–Crippen LogP) is 4.38. The molecule has 0 radical (unpaired) electrons. The second-order valence-corrected chi connectivity index (χ2v) is 5.89. The van der Waals surface area contributed by atoms with Crippen molar-refractivity contribution in [1.29, 1.82) is 0 Å². The van der Waals surface area contributed by atoms with Gasteiger partial charge in [0.25, 0.3) is 5.91 Å². The molecule has 5 nitrogen and oxygen atoms in total. The molecule has 0 atom stereocenters. The van der Waals surface area contributed by atoms with Crippen molar-refractivity contribution in [3.63, 3.8) is 0 Å². The summed E-state index contributed by atoms with van der Waals surface area (Å²) in [5.41, 5.74) is 0.806. The predicted molar refractivity (Wildman–Crippen MR) is 94.6 cm³/mol. The van der Waals surface area contributed by atoms with Crippen molar-refractivity contribution >= 4 is 40.7 Å². The molecule has 0 saturated carbocycles. The lowest BCUT2D eigenvalue weighted by molar-refractivity contribution is 0.0946. The lowest BCUT2D eigenvalue weighted by Gasteiger charge is -2.13. The Morgan fingerprint density at radius 2 is 1.96 bits per heavy atom. The van der Waals surface area contributed by atoms with Gasteiger partial charge in [-0.1, -0.05) is 34.8 Å². The van der Waals surface area contributed by atoms with Gasteiger partial charge in [-0.3, -0.25) is 4.79 Å². The molecule has 0 fully saturated rings. The maximum Gasteiger partial charge on any atom is 0.271 e. The van der Waals surface area contributed by atoms with Crippen LogP contribution in [0.15, 0.2) is 24.3 Å². The first kappa shape index (κ1) is 18.6. The Morgan fingerprint density at radius 1 is 1.21 bits per heavy atom. The van der Waals surface area contributed by atoms with Crippen LogP contribution in [0.25, 0.3) is 0 Å². The molecule has 1 heterocycles. The molecule has 1 aromatic heterocycles. The fraction of sp³-hybridized carbons (Fsp3) is 0.250. The second kappa shape index (κ2) is 8.42. The van der Waals surface area contributed by atoms with Crippen LogP contribution in [0.4, 0.5) is 0 Å². The molecule has 0 aliphatic heterocycles. The molecule has 2 rings (SSSR count). The molecule has 128 valence electrons. The zero-order chi connectivity index (χ0) is 17.7. The van der Waals surface area contributed by atoms with Crippen molar-refractivity contribution in [2.45, 2.75) is 13.5 Å². The summed E-state index contributed by atoms with van der Waals surface area (Å²) in [6, 6.07) is 6.47. The Morgan fingerprint density at radius 3 is 2.62 bits per heavy atom. The highest BCUT2D eigenvalue weighted by molar-refractivity contribution is 6.34. The first-order valence-corrected chi connectivity index (χ1v) is 8.19. The first-order valence-electron chi connectivity index (χ1n) is 7.05. The lowest BCUT2D eigenvalue weighted by Crippen LogP contribution is -2.24. The topological polar surface area (TPSA) is 60.5 Å². The Labute approximate surface area is 154 Å². The number of carbonyl (C=O) groups excluding carboxylic acids is 1. The summed E-state index contributed by atoms with van der Waals surface area (Å²) < 4.78 is 10.7. The van der Waals surface area contributed by atoms with E-state index in [0.717, 1.165) is 5.56 Å². The number of hydrogen-bond donors (Lipinski definition) is 1. The van der Waals surface area contributed by atoms with Gasteiger partial charge in [-0.2, -0.15) is 0 Å².